The van der Waals surface area contributed by atoms with Crippen LogP contribution < -0.4 is 0 Å². The SMILES string of the molecule is O=C1S/C(=C\c2ccc(-c3cc([N+](=O)[O-])ccc3Cl)o2)C(=O)N1Cc1ccc(F)cc1. The summed E-state index contributed by atoms with van der Waals surface area (Å²) >= 11 is 6.89. The molecule has 1 aromatic heterocycles. The molecule has 156 valence electrons. The number of carbonyl (C=O) groups excluding carboxylic acids is 2. The van der Waals surface area contributed by atoms with Crippen molar-refractivity contribution in [2.75, 3.05) is 0 Å². The molecule has 0 spiro atoms. The number of nitro groups is 1. The molecule has 4 rings (SSSR count). The van der Waals surface area contributed by atoms with Gasteiger partial charge in [-0.25, -0.2) is 4.39 Å². The number of rotatable bonds is 5. The van der Waals surface area contributed by atoms with E-state index in [4.69, 9.17) is 16.0 Å². The minimum absolute atomic E-state index is 0.0228. The van der Waals surface area contributed by atoms with E-state index in [9.17, 15) is 24.1 Å². The van der Waals surface area contributed by atoms with E-state index in [1.807, 2.05) is 0 Å². The zero-order valence-corrected chi connectivity index (χ0v) is 17.2. The Hall–Kier alpha value is -3.43. The highest BCUT2D eigenvalue weighted by molar-refractivity contribution is 8.18. The van der Waals surface area contributed by atoms with Crippen LogP contribution in [0, 0.1) is 15.9 Å². The fraction of sp³-hybridized carbons (Fsp3) is 0.0476. The molecule has 2 heterocycles. The fourth-order valence-electron chi connectivity index (χ4n) is 2.93. The van der Waals surface area contributed by atoms with Crippen LogP contribution in [-0.4, -0.2) is 21.0 Å². The highest BCUT2D eigenvalue weighted by Gasteiger charge is 2.35. The maximum absolute atomic E-state index is 13.1. The van der Waals surface area contributed by atoms with E-state index in [0.717, 1.165) is 16.7 Å². The van der Waals surface area contributed by atoms with E-state index >= 15 is 0 Å². The summed E-state index contributed by atoms with van der Waals surface area (Å²) in [5, 5.41) is 10.8. The molecule has 10 heteroatoms. The number of hydrogen-bond donors (Lipinski definition) is 0. The Balaban J connectivity index is 1.56. The number of thioether (sulfide) groups is 1. The minimum Gasteiger partial charge on any atom is -0.457 e. The van der Waals surface area contributed by atoms with Gasteiger partial charge in [0.05, 0.1) is 21.4 Å². The van der Waals surface area contributed by atoms with Crippen molar-refractivity contribution < 1.29 is 23.3 Å². The molecule has 3 aromatic rings. The standard InChI is InChI=1S/C21H12ClFN2O5S/c22-17-7-5-14(25(28)29)9-16(17)18-8-6-15(30-18)10-19-20(26)24(21(27)31-19)11-12-1-3-13(23)4-2-12/h1-10H,11H2/b19-10-. The third-order valence-electron chi connectivity index (χ3n) is 4.45. The first-order chi connectivity index (χ1) is 14.8. The van der Waals surface area contributed by atoms with Gasteiger partial charge < -0.3 is 4.42 Å². The van der Waals surface area contributed by atoms with E-state index in [-0.39, 0.29) is 33.7 Å². The van der Waals surface area contributed by atoms with Gasteiger partial charge in [0, 0.05) is 23.8 Å². The molecule has 0 bridgehead atoms. The molecule has 31 heavy (non-hydrogen) atoms. The number of halogens is 2. The lowest BCUT2D eigenvalue weighted by Crippen LogP contribution is -2.27. The van der Waals surface area contributed by atoms with Gasteiger partial charge in [0.1, 0.15) is 17.3 Å². The van der Waals surface area contributed by atoms with Crippen molar-refractivity contribution >= 4 is 46.3 Å². The smallest absolute Gasteiger partial charge is 0.293 e. The summed E-state index contributed by atoms with van der Waals surface area (Å²) in [5.74, 6) is -0.337. The van der Waals surface area contributed by atoms with Crippen LogP contribution in [0.3, 0.4) is 0 Å². The highest BCUT2D eigenvalue weighted by Crippen LogP contribution is 2.36. The van der Waals surface area contributed by atoms with Crippen molar-refractivity contribution in [1.29, 1.82) is 0 Å². The summed E-state index contributed by atoms with van der Waals surface area (Å²) in [6.45, 7) is 0.0228. The number of benzene rings is 2. The molecule has 0 saturated carbocycles. The normalized spacial score (nSPS) is 15.2. The first-order valence-electron chi connectivity index (χ1n) is 8.86. The van der Waals surface area contributed by atoms with Gasteiger partial charge in [0.15, 0.2) is 0 Å². The molecule has 1 aliphatic rings. The van der Waals surface area contributed by atoms with Crippen LogP contribution in [0.1, 0.15) is 11.3 Å². The van der Waals surface area contributed by atoms with Crippen LogP contribution in [-0.2, 0) is 11.3 Å². The Morgan fingerprint density at radius 3 is 2.58 bits per heavy atom. The van der Waals surface area contributed by atoms with Gasteiger partial charge in [0.25, 0.3) is 16.8 Å². The topological polar surface area (TPSA) is 93.7 Å². The van der Waals surface area contributed by atoms with Crippen LogP contribution in [0.5, 0.6) is 0 Å². The summed E-state index contributed by atoms with van der Waals surface area (Å²) in [7, 11) is 0. The largest absolute Gasteiger partial charge is 0.457 e. The molecule has 1 fully saturated rings. The van der Waals surface area contributed by atoms with Crippen molar-refractivity contribution in [3.8, 4) is 11.3 Å². The predicted molar refractivity (Wildman–Crippen MR) is 114 cm³/mol. The number of amides is 2. The van der Waals surface area contributed by atoms with Gasteiger partial charge in [-0.15, -0.1) is 0 Å². The van der Waals surface area contributed by atoms with E-state index in [0.29, 0.717) is 11.1 Å². The first-order valence-corrected chi connectivity index (χ1v) is 10.1. The molecule has 0 unspecified atom stereocenters. The Morgan fingerprint density at radius 2 is 1.87 bits per heavy atom. The number of nitrogens with zero attached hydrogens (tertiary/aromatic N) is 2. The highest BCUT2D eigenvalue weighted by atomic mass is 35.5. The Kier molecular flexibility index (Phi) is 5.62. The molecule has 2 aromatic carbocycles. The average molecular weight is 459 g/mol. The zero-order valence-electron chi connectivity index (χ0n) is 15.6. The Morgan fingerprint density at radius 1 is 1.13 bits per heavy atom. The third-order valence-corrected chi connectivity index (χ3v) is 5.69. The summed E-state index contributed by atoms with van der Waals surface area (Å²) < 4.78 is 18.7. The maximum atomic E-state index is 13.1. The molecule has 7 nitrogen and oxygen atoms in total. The van der Waals surface area contributed by atoms with E-state index < -0.39 is 21.9 Å². The molecular weight excluding hydrogens is 447 g/mol. The van der Waals surface area contributed by atoms with Gasteiger partial charge in [-0.2, -0.15) is 0 Å². The maximum Gasteiger partial charge on any atom is 0.293 e. The van der Waals surface area contributed by atoms with Gasteiger partial charge in [-0.1, -0.05) is 23.7 Å². The second-order valence-corrected chi connectivity index (χ2v) is 7.92. The van der Waals surface area contributed by atoms with Crippen molar-refractivity contribution in [2.24, 2.45) is 0 Å². The van der Waals surface area contributed by atoms with Crippen LogP contribution in [0.15, 0.2) is 63.9 Å². The van der Waals surface area contributed by atoms with Gasteiger partial charge in [-0.3, -0.25) is 24.6 Å². The second-order valence-electron chi connectivity index (χ2n) is 6.52. The van der Waals surface area contributed by atoms with Crippen molar-refractivity contribution in [3.63, 3.8) is 0 Å². The molecule has 0 radical (unpaired) electrons. The second kappa shape index (κ2) is 8.37. The van der Waals surface area contributed by atoms with Crippen molar-refractivity contribution in [2.45, 2.75) is 6.54 Å². The van der Waals surface area contributed by atoms with Crippen molar-refractivity contribution in [3.05, 3.63) is 91.8 Å². The van der Waals surface area contributed by atoms with E-state index in [1.165, 1.54) is 48.5 Å². The number of carbonyl (C=O) groups is 2. The minimum atomic E-state index is -0.541. The lowest BCUT2D eigenvalue weighted by atomic mass is 10.1. The summed E-state index contributed by atoms with van der Waals surface area (Å²) in [5.41, 5.74) is 0.810. The zero-order chi connectivity index (χ0) is 22.1. The third kappa shape index (κ3) is 4.37. The number of nitro benzene ring substituents is 1. The van der Waals surface area contributed by atoms with Crippen molar-refractivity contribution in [1.82, 2.24) is 4.90 Å². The number of hydrogen-bond acceptors (Lipinski definition) is 6. The molecule has 0 atom stereocenters. The summed E-state index contributed by atoms with van der Waals surface area (Å²) in [4.78, 5) is 36.6. The summed E-state index contributed by atoms with van der Waals surface area (Å²) in [6.07, 6.45) is 1.42. The van der Waals surface area contributed by atoms with Gasteiger partial charge >= 0.3 is 0 Å². The van der Waals surface area contributed by atoms with Crippen LogP contribution >= 0.6 is 23.4 Å². The number of imide groups is 1. The van der Waals surface area contributed by atoms with Crippen LogP contribution in [0.4, 0.5) is 14.9 Å². The van der Waals surface area contributed by atoms with Crippen LogP contribution in [0.25, 0.3) is 17.4 Å². The Bertz CT molecular complexity index is 1240. The number of furan rings is 1. The molecular formula is C21H12ClFN2O5S. The Labute approximate surface area is 184 Å². The van der Waals surface area contributed by atoms with Gasteiger partial charge in [0.2, 0.25) is 0 Å². The van der Waals surface area contributed by atoms with Gasteiger partial charge in [-0.05, 0) is 47.7 Å². The number of non-ortho nitro benzene ring substituents is 1. The molecule has 0 N–H and O–H groups in total. The molecule has 2 amide bonds. The summed E-state index contributed by atoms with van der Waals surface area (Å²) in [6, 6.07) is 12.6. The lowest BCUT2D eigenvalue weighted by molar-refractivity contribution is -0.384. The average Bonchev–Trinajstić information content (AvgIpc) is 3.30. The molecule has 1 aliphatic heterocycles. The monoisotopic (exact) mass is 458 g/mol. The van der Waals surface area contributed by atoms with E-state index in [1.54, 1.807) is 12.1 Å². The first kappa shape index (κ1) is 20.8. The van der Waals surface area contributed by atoms with E-state index in [2.05, 4.69) is 0 Å². The quantitative estimate of drug-likeness (QED) is 0.269. The van der Waals surface area contributed by atoms with Crippen LogP contribution in [0.2, 0.25) is 5.02 Å². The fourth-order valence-corrected chi connectivity index (χ4v) is 3.96. The molecule has 1 saturated heterocycles. The lowest BCUT2D eigenvalue weighted by Gasteiger charge is -2.12. The molecule has 0 aliphatic carbocycles. The predicted octanol–water partition coefficient (Wildman–Crippen LogP) is 5.88.